The average Bonchev–Trinajstić information content (AvgIpc) is 2.68. The van der Waals surface area contributed by atoms with Crippen molar-refractivity contribution < 1.29 is 4.79 Å². The number of aromatic nitrogens is 2. The first-order chi connectivity index (χ1) is 8.97. The van der Waals surface area contributed by atoms with Gasteiger partial charge in [-0.15, -0.1) is 0 Å². The number of anilines is 1. The maximum atomic E-state index is 12.0. The van der Waals surface area contributed by atoms with Crippen LogP contribution in [0.25, 0.3) is 0 Å². The molecule has 0 fully saturated rings. The number of nitrogens with one attached hydrogen (secondary N) is 1. The zero-order chi connectivity index (χ0) is 14.0. The number of nitrogen functional groups attached to an aromatic ring is 1. The van der Waals surface area contributed by atoms with Crippen molar-refractivity contribution in [2.24, 2.45) is 7.05 Å². The minimum absolute atomic E-state index is 0.174. The minimum Gasteiger partial charge on any atom is -0.396 e. The molecule has 1 amide bonds. The minimum atomic E-state index is -0.300. The second-order valence-corrected chi connectivity index (χ2v) is 4.79. The van der Waals surface area contributed by atoms with Crippen LogP contribution in [-0.4, -0.2) is 15.7 Å². The predicted molar refractivity (Wildman–Crippen MR) is 75.0 cm³/mol. The van der Waals surface area contributed by atoms with Crippen molar-refractivity contribution in [2.75, 3.05) is 5.73 Å². The summed E-state index contributed by atoms with van der Waals surface area (Å²) in [5.41, 5.74) is 7.23. The first-order valence-corrected chi connectivity index (χ1v) is 6.20. The average molecular weight is 279 g/mol. The molecule has 1 aromatic carbocycles. The lowest BCUT2D eigenvalue weighted by atomic mass is 10.1. The highest BCUT2D eigenvalue weighted by molar-refractivity contribution is 6.30. The molecule has 0 bridgehead atoms. The van der Waals surface area contributed by atoms with Crippen LogP contribution in [0.15, 0.2) is 30.5 Å². The lowest BCUT2D eigenvalue weighted by molar-refractivity contribution is 0.0935. The van der Waals surface area contributed by atoms with Gasteiger partial charge in [0, 0.05) is 18.3 Å². The largest absolute Gasteiger partial charge is 0.396 e. The van der Waals surface area contributed by atoms with Gasteiger partial charge in [-0.3, -0.25) is 9.48 Å². The third kappa shape index (κ3) is 3.06. The number of nitrogens with two attached hydrogens (primary N) is 1. The number of hydrogen-bond acceptors (Lipinski definition) is 3. The van der Waals surface area contributed by atoms with Gasteiger partial charge in [0.25, 0.3) is 5.91 Å². The fraction of sp³-hybridized carbons (Fsp3) is 0.231. The van der Waals surface area contributed by atoms with Crippen LogP contribution in [0.1, 0.15) is 29.0 Å². The van der Waals surface area contributed by atoms with Crippen LogP contribution in [0, 0.1) is 0 Å². The first kappa shape index (κ1) is 13.4. The van der Waals surface area contributed by atoms with Gasteiger partial charge in [0.2, 0.25) is 0 Å². The molecule has 5 nitrogen and oxygen atoms in total. The zero-order valence-corrected chi connectivity index (χ0v) is 11.5. The highest BCUT2D eigenvalue weighted by atomic mass is 35.5. The number of nitrogens with zero attached hydrogens (tertiary/aromatic N) is 2. The third-order valence-corrected chi connectivity index (χ3v) is 3.00. The van der Waals surface area contributed by atoms with Gasteiger partial charge in [-0.2, -0.15) is 5.10 Å². The van der Waals surface area contributed by atoms with Crippen molar-refractivity contribution in [3.63, 3.8) is 0 Å². The Bertz CT molecular complexity index is 608. The number of carbonyl (C=O) groups is 1. The Balaban J connectivity index is 2.13. The molecule has 0 radical (unpaired) electrons. The van der Waals surface area contributed by atoms with E-state index >= 15 is 0 Å². The summed E-state index contributed by atoms with van der Waals surface area (Å²) in [4.78, 5) is 12.0. The molecule has 1 aromatic heterocycles. The second-order valence-electron chi connectivity index (χ2n) is 4.36. The van der Waals surface area contributed by atoms with Crippen LogP contribution in [0.5, 0.6) is 0 Å². The fourth-order valence-corrected chi connectivity index (χ4v) is 2.01. The van der Waals surface area contributed by atoms with Crippen molar-refractivity contribution in [1.29, 1.82) is 0 Å². The molecule has 2 aromatic rings. The highest BCUT2D eigenvalue weighted by Crippen LogP contribution is 2.18. The van der Waals surface area contributed by atoms with Crippen LogP contribution < -0.4 is 11.1 Å². The molecule has 0 aliphatic rings. The molecule has 6 heteroatoms. The van der Waals surface area contributed by atoms with E-state index in [9.17, 15) is 4.79 Å². The van der Waals surface area contributed by atoms with E-state index in [-0.39, 0.29) is 17.6 Å². The number of aryl methyl sites for hydroxylation is 1. The maximum absolute atomic E-state index is 12.0. The Morgan fingerprint density at radius 2 is 2.26 bits per heavy atom. The van der Waals surface area contributed by atoms with E-state index < -0.39 is 0 Å². The number of rotatable bonds is 3. The van der Waals surface area contributed by atoms with E-state index in [0.717, 1.165) is 5.56 Å². The molecule has 1 unspecified atom stereocenters. The Morgan fingerprint density at radius 1 is 1.53 bits per heavy atom. The predicted octanol–water partition coefficient (Wildman–Crippen LogP) is 2.15. The van der Waals surface area contributed by atoms with Gasteiger partial charge in [-0.1, -0.05) is 23.7 Å². The van der Waals surface area contributed by atoms with Gasteiger partial charge in [-0.05, 0) is 24.6 Å². The molecule has 1 heterocycles. The molecule has 0 aliphatic heterocycles. The van der Waals surface area contributed by atoms with E-state index in [4.69, 9.17) is 17.3 Å². The van der Waals surface area contributed by atoms with Crippen LogP contribution in [0.4, 0.5) is 5.69 Å². The van der Waals surface area contributed by atoms with E-state index in [0.29, 0.717) is 10.7 Å². The van der Waals surface area contributed by atoms with Crippen molar-refractivity contribution in [3.8, 4) is 0 Å². The summed E-state index contributed by atoms with van der Waals surface area (Å²) in [6.45, 7) is 1.88. The maximum Gasteiger partial charge on any atom is 0.274 e. The molecule has 0 saturated carbocycles. The summed E-state index contributed by atoms with van der Waals surface area (Å²) in [6, 6.07) is 7.17. The lowest BCUT2D eigenvalue weighted by Crippen LogP contribution is -2.27. The number of hydrogen-bond donors (Lipinski definition) is 2. The van der Waals surface area contributed by atoms with E-state index in [1.54, 1.807) is 19.3 Å². The Hall–Kier alpha value is -2.01. The molecule has 0 spiro atoms. The number of carbonyl (C=O) groups excluding carboxylic acids is 1. The molecule has 100 valence electrons. The topological polar surface area (TPSA) is 72.9 Å². The quantitative estimate of drug-likeness (QED) is 0.903. The molecule has 19 heavy (non-hydrogen) atoms. The van der Waals surface area contributed by atoms with Crippen LogP contribution in [-0.2, 0) is 7.05 Å². The van der Waals surface area contributed by atoms with E-state index in [1.165, 1.54) is 4.68 Å². The summed E-state index contributed by atoms with van der Waals surface area (Å²) in [5, 5.41) is 7.50. The van der Waals surface area contributed by atoms with Crippen LogP contribution >= 0.6 is 11.6 Å². The number of amides is 1. The van der Waals surface area contributed by atoms with E-state index in [2.05, 4.69) is 10.4 Å². The Morgan fingerprint density at radius 3 is 2.84 bits per heavy atom. The fourth-order valence-electron chi connectivity index (χ4n) is 1.81. The lowest BCUT2D eigenvalue weighted by Gasteiger charge is -2.13. The van der Waals surface area contributed by atoms with Crippen LogP contribution in [0.3, 0.4) is 0 Å². The summed E-state index contributed by atoms with van der Waals surface area (Å²) < 4.78 is 1.51. The van der Waals surface area contributed by atoms with Gasteiger partial charge in [0.15, 0.2) is 5.69 Å². The van der Waals surface area contributed by atoms with Crippen LogP contribution in [0.2, 0.25) is 5.02 Å². The SMILES string of the molecule is CC(NC(=O)c1nn(C)cc1N)c1cccc(Cl)c1. The van der Waals surface area contributed by atoms with E-state index in [1.807, 2.05) is 25.1 Å². The molecular weight excluding hydrogens is 264 g/mol. The molecule has 1 atom stereocenters. The van der Waals surface area contributed by atoms with Crippen molar-refractivity contribution >= 4 is 23.2 Å². The molecule has 0 aliphatic carbocycles. The zero-order valence-electron chi connectivity index (χ0n) is 10.7. The van der Waals surface area contributed by atoms with Gasteiger partial charge < -0.3 is 11.1 Å². The molecular formula is C13H15ClN4O. The summed E-state index contributed by atoms with van der Waals surface area (Å²) in [7, 11) is 1.72. The molecule has 2 rings (SSSR count). The first-order valence-electron chi connectivity index (χ1n) is 5.83. The van der Waals surface area contributed by atoms with Gasteiger partial charge in [0.1, 0.15) is 0 Å². The van der Waals surface area contributed by atoms with Crippen molar-refractivity contribution in [2.45, 2.75) is 13.0 Å². The smallest absolute Gasteiger partial charge is 0.274 e. The van der Waals surface area contributed by atoms with Gasteiger partial charge in [0.05, 0.1) is 11.7 Å². The number of halogens is 1. The standard InChI is InChI=1S/C13H15ClN4O/c1-8(9-4-3-5-10(14)6-9)16-13(19)12-11(15)7-18(2)17-12/h3-8H,15H2,1-2H3,(H,16,19). The normalized spacial score (nSPS) is 12.2. The Kier molecular flexibility index (Phi) is 3.76. The summed E-state index contributed by atoms with van der Waals surface area (Å²) in [5.74, 6) is -0.300. The van der Waals surface area contributed by atoms with Crippen molar-refractivity contribution in [1.82, 2.24) is 15.1 Å². The van der Waals surface area contributed by atoms with Gasteiger partial charge >= 0.3 is 0 Å². The highest BCUT2D eigenvalue weighted by Gasteiger charge is 2.17. The number of benzene rings is 1. The monoisotopic (exact) mass is 278 g/mol. The molecule has 0 saturated heterocycles. The summed E-state index contributed by atoms with van der Waals surface area (Å²) in [6.07, 6.45) is 1.60. The second kappa shape index (κ2) is 5.32. The van der Waals surface area contributed by atoms with Gasteiger partial charge in [-0.25, -0.2) is 0 Å². The third-order valence-electron chi connectivity index (χ3n) is 2.77. The van der Waals surface area contributed by atoms with Crippen molar-refractivity contribution in [3.05, 3.63) is 46.7 Å². The molecule has 3 N–H and O–H groups in total. The Labute approximate surface area is 116 Å². The summed E-state index contributed by atoms with van der Waals surface area (Å²) >= 11 is 5.92.